The number of carbonyl (C=O) groups excluding carboxylic acids is 1. The number of nitrogens with zero attached hydrogens (tertiary/aromatic N) is 3. The third-order valence-electron chi connectivity index (χ3n) is 5.28. The second kappa shape index (κ2) is 10.6. The van der Waals surface area contributed by atoms with Gasteiger partial charge < -0.3 is 25.2 Å². The number of nitrogens with one attached hydrogen (secondary N) is 2. The number of amides is 1. The Morgan fingerprint density at radius 1 is 1.23 bits per heavy atom. The standard InChI is InChI=1S/C19H37N5O2/c1-15(2)13-23-9-5-6-16(14-23)12-21-18(20-3)22-17-7-10-24(11-8-17)19(25)26-4/h15-17H,5-14H2,1-4H3,(H2,20,21,22). The number of piperidine rings is 2. The van der Waals surface area contributed by atoms with Gasteiger partial charge in [-0.3, -0.25) is 4.99 Å². The van der Waals surface area contributed by atoms with E-state index >= 15 is 0 Å². The van der Waals surface area contributed by atoms with Gasteiger partial charge in [0.1, 0.15) is 0 Å². The van der Waals surface area contributed by atoms with Crippen molar-refractivity contribution >= 4 is 12.1 Å². The van der Waals surface area contributed by atoms with E-state index in [-0.39, 0.29) is 6.09 Å². The van der Waals surface area contributed by atoms with E-state index in [0.29, 0.717) is 12.0 Å². The predicted molar refractivity (Wildman–Crippen MR) is 105 cm³/mol. The van der Waals surface area contributed by atoms with E-state index in [1.807, 2.05) is 7.05 Å². The van der Waals surface area contributed by atoms with Crippen molar-refractivity contribution in [3.05, 3.63) is 0 Å². The van der Waals surface area contributed by atoms with Gasteiger partial charge in [0.05, 0.1) is 7.11 Å². The molecule has 2 N–H and O–H groups in total. The summed E-state index contributed by atoms with van der Waals surface area (Å²) in [6.07, 6.45) is 4.19. The van der Waals surface area contributed by atoms with Crippen molar-refractivity contribution in [1.29, 1.82) is 0 Å². The van der Waals surface area contributed by atoms with E-state index < -0.39 is 0 Å². The number of hydrogen-bond donors (Lipinski definition) is 2. The number of hydrogen-bond acceptors (Lipinski definition) is 4. The van der Waals surface area contributed by atoms with Gasteiger partial charge in [-0.05, 0) is 44.1 Å². The fraction of sp³-hybridized carbons (Fsp3) is 0.895. The highest BCUT2D eigenvalue weighted by Gasteiger charge is 2.24. The quantitative estimate of drug-likeness (QED) is 0.572. The Bertz CT molecular complexity index is 461. The summed E-state index contributed by atoms with van der Waals surface area (Å²) >= 11 is 0. The van der Waals surface area contributed by atoms with E-state index in [2.05, 4.69) is 34.4 Å². The van der Waals surface area contributed by atoms with Gasteiger partial charge in [-0.1, -0.05) is 13.8 Å². The van der Waals surface area contributed by atoms with Crippen molar-refractivity contribution in [3.8, 4) is 0 Å². The molecule has 7 heteroatoms. The van der Waals surface area contributed by atoms with Crippen LogP contribution in [0, 0.1) is 11.8 Å². The van der Waals surface area contributed by atoms with Gasteiger partial charge in [0.15, 0.2) is 5.96 Å². The van der Waals surface area contributed by atoms with Crippen LogP contribution in [-0.4, -0.2) is 81.3 Å². The molecule has 150 valence electrons. The first-order chi connectivity index (χ1) is 12.5. The molecule has 0 saturated carbocycles. The highest BCUT2D eigenvalue weighted by Crippen LogP contribution is 2.17. The Labute approximate surface area is 158 Å². The number of aliphatic imine (C=N–C) groups is 1. The SMILES string of the molecule is CN=C(NCC1CCCN(CC(C)C)C1)NC1CCN(C(=O)OC)CC1. The van der Waals surface area contributed by atoms with Crippen LogP contribution in [0.1, 0.15) is 39.5 Å². The Hall–Kier alpha value is -1.50. The molecule has 0 aromatic carbocycles. The molecule has 0 aromatic heterocycles. The maximum atomic E-state index is 11.6. The molecule has 2 saturated heterocycles. The molecule has 2 rings (SSSR count). The van der Waals surface area contributed by atoms with Gasteiger partial charge in [0.25, 0.3) is 0 Å². The molecule has 0 aromatic rings. The minimum absolute atomic E-state index is 0.228. The lowest BCUT2D eigenvalue weighted by molar-refractivity contribution is 0.111. The monoisotopic (exact) mass is 367 g/mol. The molecule has 0 aliphatic carbocycles. The van der Waals surface area contributed by atoms with Crippen molar-refractivity contribution < 1.29 is 9.53 Å². The second-order valence-electron chi connectivity index (χ2n) is 7.99. The molecule has 1 unspecified atom stereocenters. The lowest BCUT2D eigenvalue weighted by Gasteiger charge is -2.35. The summed E-state index contributed by atoms with van der Waals surface area (Å²) in [6.45, 7) is 10.6. The van der Waals surface area contributed by atoms with Crippen molar-refractivity contribution in [2.24, 2.45) is 16.8 Å². The molecule has 1 atom stereocenters. The number of methoxy groups -OCH3 is 1. The highest BCUT2D eigenvalue weighted by molar-refractivity contribution is 5.80. The Morgan fingerprint density at radius 3 is 2.58 bits per heavy atom. The molecule has 2 heterocycles. The van der Waals surface area contributed by atoms with Gasteiger partial charge in [-0.2, -0.15) is 0 Å². The van der Waals surface area contributed by atoms with Gasteiger partial charge >= 0.3 is 6.09 Å². The first-order valence-corrected chi connectivity index (χ1v) is 10.0. The fourth-order valence-electron chi connectivity index (χ4n) is 3.96. The molecule has 2 aliphatic rings. The molecule has 2 fully saturated rings. The zero-order chi connectivity index (χ0) is 18.9. The lowest BCUT2D eigenvalue weighted by atomic mass is 9.97. The number of likely N-dealkylation sites (tertiary alicyclic amines) is 2. The van der Waals surface area contributed by atoms with E-state index in [4.69, 9.17) is 4.74 Å². The number of ether oxygens (including phenoxy) is 1. The van der Waals surface area contributed by atoms with Crippen LogP contribution in [0.5, 0.6) is 0 Å². The summed E-state index contributed by atoms with van der Waals surface area (Å²) in [5.74, 6) is 2.29. The average Bonchev–Trinajstić information content (AvgIpc) is 2.64. The molecule has 7 nitrogen and oxygen atoms in total. The Morgan fingerprint density at radius 2 is 1.96 bits per heavy atom. The lowest BCUT2D eigenvalue weighted by Crippen LogP contribution is -2.51. The summed E-state index contributed by atoms with van der Waals surface area (Å²) < 4.78 is 4.79. The van der Waals surface area contributed by atoms with Gasteiger partial charge in [0.2, 0.25) is 0 Å². The van der Waals surface area contributed by atoms with Crippen LogP contribution in [0.2, 0.25) is 0 Å². The normalized spacial score (nSPS) is 23.2. The van der Waals surface area contributed by atoms with Crippen molar-refractivity contribution in [2.75, 3.05) is 53.4 Å². The predicted octanol–water partition coefficient (Wildman–Crippen LogP) is 1.75. The minimum Gasteiger partial charge on any atom is -0.453 e. The summed E-state index contributed by atoms with van der Waals surface area (Å²) in [7, 11) is 3.26. The summed E-state index contributed by atoms with van der Waals surface area (Å²) in [6, 6.07) is 0.353. The van der Waals surface area contributed by atoms with Crippen LogP contribution in [0.25, 0.3) is 0 Å². The summed E-state index contributed by atoms with van der Waals surface area (Å²) in [5.41, 5.74) is 0. The van der Waals surface area contributed by atoms with E-state index in [1.54, 1.807) is 4.90 Å². The maximum absolute atomic E-state index is 11.6. The van der Waals surface area contributed by atoms with Crippen molar-refractivity contribution in [2.45, 2.75) is 45.6 Å². The topological polar surface area (TPSA) is 69.2 Å². The van der Waals surface area contributed by atoms with Gasteiger partial charge in [-0.15, -0.1) is 0 Å². The van der Waals surface area contributed by atoms with Crippen LogP contribution >= 0.6 is 0 Å². The molecule has 0 bridgehead atoms. The number of guanidine groups is 1. The van der Waals surface area contributed by atoms with Crippen LogP contribution in [0.3, 0.4) is 0 Å². The number of rotatable bonds is 5. The molecular weight excluding hydrogens is 330 g/mol. The van der Waals surface area contributed by atoms with Crippen LogP contribution < -0.4 is 10.6 Å². The number of carbonyl (C=O) groups is 1. The van der Waals surface area contributed by atoms with Crippen molar-refractivity contribution in [1.82, 2.24) is 20.4 Å². The zero-order valence-electron chi connectivity index (χ0n) is 17.0. The molecule has 2 aliphatic heterocycles. The summed E-state index contributed by atoms with van der Waals surface area (Å²) in [5, 5.41) is 7.03. The maximum Gasteiger partial charge on any atom is 0.409 e. The smallest absolute Gasteiger partial charge is 0.409 e. The Kier molecular flexibility index (Phi) is 8.48. The van der Waals surface area contributed by atoms with E-state index in [0.717, 1.165) is 44.4 Å². The van der Waals surface area contributed by atoms with Crippen molar-refractivity contribution in [3.63, 3.8) is 0 Å². The van der Waals surface area contributed by atoms with Crippen LogP contribution in [0.15, 0.2) is 4.99 Å². The highest BCUT2D eigenvalue weighted by atomic mass is 16.5. The molecule has 0 radical (unpaired) electrons. The first kappa shape index (κ1) is 20.8. The second-order valence-corrected chi connectivity index (χ2v) is 7.99. The van der Waals surface area contributed by atoms with E-state index in [1.165, 1.54) is 39.6 Å². The molecular formula is C19H37N5O2. The fourth-order valence-corrected chi connectivity index (χ4v) is 3.96. The zero-order valence-corrected chi connectivity index (χ0v) is 17.0. The first-order valence-electron chi connectivity index (χ1n) is 10.0. The van der Waals surface area contributed by atoms with E-state index in [9.17, 15) is 4.79 Å². The third kappa shape index (κ3) is 6.67. The van der Waals surface area contributed by atoms with Gasteiger partial charge in [-0.25, -0.2) is 4.79 Å². The molecule has 1 amide bonds. The van der Waals surface area contributed by atoms with Gasteiger partial charge in [0, 0.05) is 45.8 Å². The Balaban J connectivity index is 1.70. The summed E-state index contributed by atoms with van der Waals surface area (Å²) in [4.78, 5) is 20.3. The largest absolute Gasteiger partial charge is 0.453 e. The van der Waals surface area contributed by atoms with Crippen LogP contribution in [-0.2, 0) is 4.74 Å². The average molecular weight is 368 g/mol. The molecule has 0 spiro atoms. The third-order valence-corrected chi connectivity index (χ3v) is 5.28. The van der Waals surface area contributed by atoms with Crippen LogP contribution in [0.4, 0.5) is 4.79 Å². The molecule has 26 heavy (non-hydrogen) atoms. The minimum atomic E-state index is -0.228.